The zero-order valence-corrected chi connectivity index (χ0v) is 13.4. The average Bonchev–Trinajstić information content (AvgIpc) is 2.56. The Bertz CT molecular complexity index is 953. The molecule has 1 aromatic carbocycles. The van der Waals surface area contributed by atoms with Crippen molar-refractivity contribution in [3.8, 4) is 0 Å². The third kappa shape index (κ3) is 3.33. The first-order chi connectivity index (χ1) is 11.4. The molecule has 0 radical (unpaired) electrons. The van der Waals surface area contributed by atoms with Gasteiger partial charge in [-0.25, -0.2) is 13.8 Å². The van der Waals surface area contributed by atoms with Gasteiger partial charge in [-0.05, 0) is 43.2 Å². The normalized spacial score (nSPS) is 12.5. The highest BCUT2D eigenvalue weighted by molar-refractivity contribution is 5.39. The number of rotatable bonds is 4. The van der Waals surface area contributed by atoms with E-state index in [9.17, 15) is 13.6 Å². The van der Waals surface area contributed by atoms with Crippen LogP contribution >= 0.6 is 0 Å². The minimum atomic E-state index is -0.876. The number of hydrogen-bond acceptors (Lipinski definition) is 3. The molecule has 4 nitrogen and oxygen atoms in total. The van der Waals surface area contributed by atoms with E-state index in [1.807, 2.05) is 19.9 Å². The number of fused-ring (bicyclic) bond motifs is 1. The minimum Gasteiger partial charge on any atom is -0.305 e. The Labute approximate surface area is 137 Å². The highest BCUT2D eigenvalue weighted by Crippen LogP contribution is 2.16. The number of aryl methyl sites for hydroxylation is 1. The molecule has 0 aliphatic heterocycles. The summed E-state index contributed by atoms with van der Waals surface area (Å²) in [5, 5.41) is 3.17. The predicted octanol–water partition coefficient (Wildman–Crippen LogP) is 3.13. The van der Waals surface area contributed by atoms with Crippen molar-refractivity contribution < 1.29 is 8.78 Å². The summed E-state index contributed by atoms with van der Waals surface area (Å²) in [5.74, 6) is -1.75. The van der Waals surface area contributed by atoms with Gasteiger partial charge < -0.3 is 5.32 Å². The molecule has 0 spiro atoms. The second-order valence-corrected chi connectivity index (χ2v) is 5.80. The molecule has 0 aliphatic carbocycles. The van der Waals surface area contributed by atoms with Crippen LogP contribution in [0.2, 0.25) is 0 Å². The minimum absolute atomic E-state index is 0.152. The summed E-state index contributed by atoms with van der Waals surface area (Å²) in [6.45, 7) is 4.09. The van der Waals surface area contributed by atoms with Crippen molar-refractivity contribution >= 4 is 5.65 Å². The molecule has 3 rings (SSSR count). The van der Waals surface area contributed by atoms with Crippen LogP contribution in [0.25, 0.3) is 5.65 Å². The topological polar surface area (TPSA) is 46.4 Å². The molecule has 2 heterocycles. The van der Waals surface area contributed by atoms with E-state index in [2.05, 4.69) is 10.3 Å². The van der Waals surface area contributed by atoms with Gasteiger partial charge in [0.25, 0.3) is 5.56 Å². The molecule has 1 N–H and O–H groups in total. The summed E-state index contributed by atoms with van der Waals surface area (Å²) >= 11 is 0. The first kappa shape index (κ1) is 16.3. The Hall–Kier alpha value is -2.60. The smallest absolute Gasteiger partial charge is 0.258 e. The van der Waals surface area contributed by atoms with Crippen LogP contribution < -0.4 is 10.9 Å². The number of halogens is 2. The van der Waals surface area contributed by atoms with Crippen LogP contribution in [0.5, 0.6) is 0 Å². The lowest BCUT2D eigenvalue weighted by atomic mass is 10.1. The van der Waals surface area contributed by atoms with Gasteiger partial charge in [0.05, 0.1) is 5.69 Å². The van der Waals surface area contributed by atoms with Crippen molar-refractivity contribution in [2.45, 2.75) is 26.4 Å². The van der Waals surface area contributed by atoms with Gasteiger partial charge in [-0.2, -0.15) is 0 Å². The number of hydrogen-bond donors (Lipinski definition) is 1. The number of pyridine rings is 1. The Kier molecular flexibility index (Phi) is 4.40. The molecule has 2 aromatic heterocycles. The van der Waals surface area contributed by atoms with Gasteiger partial charge in [0.2, 0.25) is 0 Å². The first-order valence-corrected chi connectivity index (χ1v) is 7.61. The lowest BCUT2D eigenvalue weighted by Gasteiger charge is -2.14. The molecule has 124 valence electrons. The summed E-state index contributed by atoms with van der Waals surface area (Å²) in [4.78, 5) is 16.6. The first-order valence-electron chi connectivity index (χ1n) is 7.61. The fourth-order valence-corrected chi connectivity index (χ4v) is 2.51. The second kappa shape index (κ2) is 6.49. The monoisotopic (exact) mass is 329 g/mol. The van der Waals surface area contributed by atoms with Crippen LogP contribution in [0.15, 0.2) is 47.4 Å². The van der Waals surface area contributed by atoms with Crippen LogP contribution in [0, 0.1) is 18.6 Å². The number of aromatic nitrogens is 2. The van der Waals surface area contributed by atoms with E-state index < -0.39 is 11.6 Å². The highest BCUT2D eigenvalue weighted by Gasteiger charge is 2.10. The van der Waals surface area contributed by atoms with Gasteiger partial charge in [-0.15, -0.1) is 0 Å². The highest BCUT2D eigenvalue weighted by atomic mass is 19.2. The van der Waals surface area contributed by atoms with Crippen LogP contribution in [-0.2, 0) is 6.54 Å². The fraction of sp³-hybridized carbons (Fsp3) is 0.222. The maximum atomic E-state index is 13.3. The van der Waals surface area contributed by atoms with Crippen molar-refractivity contribution in [2.24, 2.45) is 0 Å². The molecule has 3 aromatic rings. The quantitative estimate of drug-likeness (QED) is 0.800. The van der Waals surface area contributed by atoms with Gasteiger partial charge in [0.15, 0.2) is 11.6 Å². The Morgan fingerprint density at radius 2 is 1.96 bits per heavy atom. The molecule has 0 saturated carbocycles. The Morgan fingerprint density at radius 1 is 1.17 bits per heavy atom. The maximum absolute atomic E-state index is 13.3. The zero-order chi connectivity index (χ0) is 17.3. The second-order valence-electron chi connectivity index (χ2n) is 5.80. The Morgan fingerprint density at radius 3 is 2.71 bits per heavy atom. The summed E-state index contributed by atoms with van der Waals surface area (Å²) in [5.41, 5.74) is 2.62. The maximum Gasteiger partial charge on any atom is 0.258 e. The molecular formula is C18H17F2N3O. The number of nitrogens with zero attached hydrogens (tertiary/aromatic N) is 2. The molecule has 0 aliphatic rings. The lowest BCUT2D eigenvalue weighted by molar-refractivity contribution is 0.500. The van der Waals surface area contributed by atoms with Crippen molar-refractivity contribution in [2.75, 3.05) is 0 Å². The molecular weight excluding hydrogens is 312 g/mol. The van der Waals surface area contributed by atoms with Crippen LogP contribution in [0.3, 0.4) is 0 Å². The molecule has 0 saturated heterocycles. The molecule has 0 amide bonds. The molecule has 0 bridgehead atoms. The molecule has 6 heteroatoms. The third-order valence-corrected chi connectivity index (χ3v) is 3.89. The Balaban J connectivity index is 1.78. The van der Waals surface area contributed by atoms with Crippen LogP contribution in [0.1, 0.15) is 29.8 Å². The van der Waals surface area contributed by atoms with E-state index >= 15 is 0 Å². The van der Waals surface area contributed by atoms with Crippen molar-refractivity contribution in [1.82, 2.24) is 14.7 Å². The van der Waals surface area contributed by atoms with Gasteiger partial charge in [0, 0.05) is 24.8 Å². The van der Waals surface area contributed by atoms with E-state index in [-0.39, 0.29) is 11.6 Å². The summed E-state index contributed by atoms with van der Waals surface area (Å²) in [6.07, 6.45) is 1.74. The van der Waals surface area contributed by atoms with Gasteiger partial charge in [-0.3, -0.25) is 9.20 Å². The summed E-state index contributed by atoms with van der Waals surface area (Å²) in [7, 11) is 0. The van der Waals surface area contributed by atoms with Gasteiger partial charge in [0.1, 0.15) is 5.65 Å². The van der Waals surface area contributed by atoms with E-state index in [1.54, 1.807) is 12.3 Å². The lowest BCUT2D eigenvalue weighted by Crippen LogP contribution is -2.22. The molecule has 0 fully saturated rings. The van der Waals surface area contributed by atoms with Crippen LogP contribution in [-0.4, -0.2) is 9.38 Å². The van der Waals surface area contributed by atoms with Gasteiger partial charge in [-0.1, -0.05) is 12.1 Å². The van der Waals surface area contributed by atoms with Crippen molar-refractivity contribution in [3.63, 3.8) is 0 Å². The third-order valence-electron chi connectivity index (χ3n) is 3.89. The van der Waals surface area contributed by atoms with Crippen LogP contribution in [0.4, 0.5) is 8.78 Å². The summed E-state index contributed by atoms with van der Waals surface area (Å²) in [6, 6.07) is 8.74. The largest absolute Gasteiger partial charge is 0.305 e. The summed E-state index contributed by atoms with van der Waals surface area (Å²) < 4.78 is 27.8. The molecule has 1 unspecified atom stereocenters. The molecule has 1 atom stereocenters. The van der Waals surface area contributed by atoms with E-state index in [1.165, 1.54) is 22.6 Å². The molecule has 24 heavy (non-hydrogen) atoms. The standard InChI is InChI=1S/C18H17F2N3O/c1-11-3-6-17-22-14(8-18(24)23(17)10-11)9-21-12(2)13-4-5-15(19)16(20)7-13/h3-8,10,12,21H,9H2,1-2H3. The van der Waals surface area contributed by atoms with Gasteiger partial charge >= 0.3 is 0 Å². The zero-order valence-electron chi connectivity index (χ0n) is 13.4. The SMILES string of the molecule is Cc1ccc2nc(CNC(C)c3ccc(F)c(F)c3)cc(=O)n2c1. The van der Waals surface area contributed by atoms with Crippen molar-refractivity contribution in [1.29, 1.82) is 0 Å². The van der Waals surface area contributed by atoms with E-state index in [0.29, 0.717) is 23.4 Å². The van der Waals surface area contributed by atoms with E-state index in [4.69, 9.17) is 0 Å². The predicted molar refractivity (Wildman–Crippen MR) is 87.8 cm³/mol. The average molecular weight is 329 g/mol. The number of benzene rings is 1. The van der Waals surface area contributed by atoms with Crippen molar-refractivity contribution in [3.05, 3.63) is 81.4 Å². The van der Waals surface area contributed by atoms with E-state index in [0.717, 1.165) is 11.6 Å². The fourth-order valence-electron chi connectivity index (χ4n) is 2.51. The number of nitrogens with one attached hydrogen (secondary N) is 1.